The molecule has 0 saturated carbocycles. The van der Waals surface area contributed by atoms with Gasteiger partial charge in [0, 0.05) is 51.5 Å². The van der Waals surface area contributed by atoms with E-state index in [0.717, 1.165) is 49.7 Å². The number of piperazine rings is 1. The van der Waals surface area contributed by atoms with Crippen molar-refractivity contribution >= 4 is 17.7 Å². The van der Waals surface area contributed by atoms with Crippen molar-refractivity contribution in [2.45, 2.75) is 50.1 Å². The Morgan fingerprint density at radius 1 is 1.12 bits per heavy atom. The molecule has 2 aromatic rings. The molecule has 2 aliphatic rings. The van der Waals surface area contributed by atoms with Crippen molar-refractivity contribution in [1.29, 1.82) is 0 Å². The molecule has 4 rings (SSSR count). The van der Waals surface area contributed by atoms with Gasteiger partial charge in [-0.25, -0.2) is 4.98 Å². The summed E-state index contributed by atoms with van der Waals surface area (Å²) in [7, 11) is 1.72. The number of carbonyl (C=O) groups excluding carboxylic acids is 1. The fraction of sp³-hybridized carbons (Fsp3) is 0.542. The number of rotatable bonds is 8. The number of thioether (sulfide) groups is 1. The van der Waals surface area contributed by atoms with Gasteiger partial charge in [-0.1, -0.05) is 38.1 Å². The Morgan fingerprint density at radius 3 is 2.61 bits per heavy atom. The van der Waals surface area contributed by atoms with Crippen molar-refractivity contribution in [3.63, 3.8) is 0 Å². The third-order valence-corrected chi connectivity index (χ3v) is 7.41. The average molecular weight is 473 g/mol. The van der Waals surface area contributed by atoms with Crippen molar-refractivity contribution < 1.29 is 14.3 Å². The quantitative estimate of drug-likeness (QED) is 0.432. The van der Waals surface area contributed by atoms with Gasteiger partial charge in [0.15, 0.2) is 16.7 Å². The second-order valence-electron chi connectivity index (χ2n) is 8.47. The number of ether oxygens (including phenoxy) is 2. The van der Waals surface area contributed by atoms with E-state index in [2.05, 4.69) is 22.9 Å². The summed E-state index contributed by atoms with van der Waals surface area (Å²) in [4.78, 5) is 34.6. The number of benzene rings is 1. The lowest BCUT2D eigenvalue weighted by molar-refractivity contribution is -0.132. The van der Waals surface area contributed by atoms with Crippen LogP contribution in [0.3, 0.4) is 0 Å². The Kier molecular flexibility index (Phi) is 7.60. The molecule has 33 heavy (non-hydrogen) atoms. The Balaban J connectivity index is 1.37. The van der Waals surface area contributed by atoms with Gasteiger partial charge in [-0.15, -0.1) is 0 Å². The summed E-state index contributed by atoms with van der Waals surface area (Å²) in [5.74, 6) is 1.74. The number of aryl methyl sites for hydroxylation is 1. The second-order valence-corrected chi connectivity index (χ2v) is 9.63. The van der Waals surface area contributed by atoms with Gasteiger partial charge < -0.3 is 14.4 Å². The van der Waals surface area contributed by atoms with E-state index in [9.17, 15) is 9.59 Å². The van der Waals surface area contributed by atoms with Gasteiger partial charge in [-0.3, -0.25) is 19.1 Å². The molecule has 0 radical (unpaired) electrons. The van der Waals surface area contributed by atoms with Gasteiger partial charge in [0.05, 0.1) is 5.25 Å². The fourth-order valence-corrected chi connectivity index (χ4v) is 5.38. The summed E-state index contributed by atoms with van der Waals surface area (Å²) in [5.41, 5.74) is 1.87. The van der Waals surface area contributed by atoms with E-state index < -0.39 is 0 Å². The highest BCUT2D eigenvalue weighted by atomic mass is 32.2. The Morgan fingerprint density at radius 2 is 1.88 bits per heavy atom. The first kappa shape index (κ1) is 23.6. The highest BCUT2D eigenvalue weighted by Crippen LogP contribution is 2.33. The zero-order valence-corrected chi connectivity index (χ0v) is 20.4. The maximum atomic E-state index is 13.4. The summed E-state index contributed by atoms with van der Waals surface area (Å²) in [6.45, 7) is 8.21. The molecule has 0 N–H and O–H groups in total. The topological polar surface area (TPSA) is 76.9 Å². The van der Waals surface area contributed by atoms with E-state index in [1.165, 1.54) is 17.3 Å². The molecule has 1 unspecified atom stereocenters. The molecule has 9 heteroatoms. The lowest BCUT2D eigenvalue weighted by atomic mass is 10.1. The number of carbonyl (C=O) groups is 1. The first-order valence-electron chi connectivity index (χ1n) is 11.6. The lowest BCUT2D eigenvalue weighted by Gasteiger charge is -2.36. The second kappa shape index (κ2) is 10.6. The number of aromatic nitrogens is 2. The zero-order valence-electron chi connectivity index (χ0n) is 19.6. The van der Waals surface area contributed by atoms with Crippen LogP contribution in [-0.4, -0.2) is 63.5 Å². The number of nitrogens with zero attached hydrogens (tertiary/aromatic N) is 4. The molecule has 3 heterocycles. The van der Waals surface area contributed by atoms with Crippen molar-refractivity contribution in [3.05, 3.63) is 45.9 Å². The van der Waals surface area contributed by atoms with Gasteiger partial charge in [0.25, 0.3) is 5.56 Å². The van der Waals surface area contributed by atoms with Crippen LogP contribution in [-0.2, 0) is 24.8 Å². The molecular formula is C24H32N4O4S. The first-order chi connectivity index (χ1) is 16.0. The summed E-state index contributed by atoms with van der Waals surface area (Å²) in [5, 5.41) is 0.383. The maximum Gasteiger partial charge on any atom is 0.254 e. The Bertz CT molecular complexity index is 1050. The van der Waals surface area contributed by atoms with Gasteiger partial charge >= 0.3 is 0 Å². The molecule has 2 aliphatic heterocycles. The molecule has 178 valence electrons. The van der Waals surface area contributed by atoms with E-state index >= 15 is 0 Å². The van der Waals surface area contributed by atoms with Crippen LogP contribution >= 0.6 is 11.8 Å². The average Bonchev–Trinajstić information content (AvgIpc) is 3.29. The predicted molar refractivity (Wildman–Crippen MR) is 128 cm³/mol. The molecule has 1 atom stereocenters. The molecule has 1 aromatic heterocycles. The van der Waals surface area contributed by atoms with Gasteiger partial charge in [0.2, 0.25) is 12.7 Å². The zero-order chi connectivity index (χ0) is 23.4. The number of amides is 1. The van der Waals surface area contributed by atoms with E-state index in [4.69, 9.17) is 9.47 Å². The number of hydrogen-bond acceptors (Lipinski definition) is 7. The van der Waals surface area contributed by atoms with E-state index in [-0.39, 0.29) is 23.5 Å². The summed E-state index contributed by atoms with van der Waals surface area (Å²) >= 11 is 1.42. The van der Waals surface area contributed by atoms with Crippen LogP contribution in [0.15, 0.2) is 34.2 Å². The minimum Gasteiger partial charge on any atom is -0.454 e. The third kappa shape index (κ3) is 5.52. The molecule has 0 spiro atoms. The standard InChI is InChI=1S/C24H32N4O4S/c1-4-6-21(33-24-25-18(5-2)14-22(29)26(24)3)23(30)28-11-9-27(10-12-28)15-17-7-8-19-20(13-17)32-16-31-19/h7-8,13-14,21H,4-6,9-12,15-16H2,1-3H3. The van der Waals surface area contributed by atoms with Crippen molar-refractivity contribution in [3.8, 4) is 11.5 Å². The smallest absolute Gasteiger partial charge is 0.254 e. The van der Waals surface area contributed by atoms with Crippen LogP contribution in [0.5, 0.6) is 11.5 Å². The molecule has 8 nitrogen and oxygen atoms in total. The maximum absolute atomic E-state index is 13.4. The normalized spacial score (nSPS) is 16.8. The highest BCUT2D eigenvalue weighted by molar-refractivity contribution is 8.00. The Labute approximate surface area is 198 Å². The van der Waals surface area contributed by atoms with E-state index in [0.29, 0.717) is 24.7 Å². The van der Waals surface area contributed by atoms with Crippen LogP contribution in [0.4, 0.5) is 0 Å². The Hall–Kier alpha value is -2.52. The first-order valence-corrected chi connectivity index (χ1v) is 12.5. The van der Waals surface area contributed by atoms with Crippen LogP contribution in [0, 0.1) is 0 Å². The van der Waals surface area contributed by atoms with E-state index in [1.807, 2.05) is 24.0 Å². The number of fused-ring (bicyclic) bond motifs is 1. The monoisotopic (exact) mass is 472 g/mol. The summed E-state index contributed by atoms with van der Waals surface area (Å²) in [6.07, 6.45) is 2.35. The molecule has 0 aliphatic carbocycles. The van der Waals surface area contributed by atoms with Crippen molar-refractivity contribution in [1.82, 2.24) is 19.4 Å². The van der Waals surface area contributed by atoms with Crippen LogP contribution in [0.2, 0.25) is 0 Å². The molecular weight excluding hydrogens is 440 g/mol. The van der Waals surface area contributed by atoms with Crippen LogP contribution in [0.1, 0.15) is 37.9 Å². The summed E-state index contributed by atoms with van der Waals surface area (Å²) < 4.78 is 12.4. The van der Waals surface area contributed by atoms with Crippen LogP contribution < -0.4 is 15.0 Å². The fourth-order valence-electron chi connectivity index (χ4n) is 4.10. The minimum absolute atomic E-state index is 0.0795. The van der Waals surface area contributed by atoms with Crippen molar-refractivity contribution in [2.75, 3.05) is 33.0 Å². The SMILES string of the molecule is CCCC(Sc1nc(CC)cc(=O)n1C)C(=O)N1CCN(Cc2ccc3c(c2)OCO3)CC1. The molecule has 0 bridgehead atoms. The van der Waals surface area contributed by atoms with Gasteiger partial charge in [0.1, 0.15) is 0 Å². The lowest BCUT2D eigenvalue weighted by Crippen LogP contribution is -2.50. The molecule has 1 aromatic carbocycles. The van der Waals surface area contributed by atoms with Gasteiger partial charge in [-0.2, -0.15) is 0 Å². The molecule has 1 saturated heterocycles. The van der Waals surface area contributed by atoms with E-state index in [1.54, 1.807) is 17.7 Å². The highest BCUT2D eigenvalue weighted by Gasteiger charge is 2.29. The number of hydrogen-bond donors (Lipinski definition) is 0. The summed E-state index contributed by atoms with van der Waals surface area (Å²) in [6, 6.07) is 7.63. The van der Waals surface area contributed by atoms with Crippen molar-refractivity contribution in [2.24, 2.45) is 7.05 Å². The molecule has 1 amide bonds. The minimum atomic E-state index is -0.236. The largest absolute Gasteiger partial charge is 0.454 e. The molecule has 1 fully saturated rings. The van der Waals surface area contributed by atoms with Gasteiger partial charge in [-0.05, 0) is 30.5 Å². The van der Waals surface area contributed by atoms with Crippen LogP contribution in [0.25, 0.3) is 0 Å². The third-order valence-electron chi connectivity index (χ3n) is 6.11. The predicted octanol–water partition coefficient (Wildman–Crippen LogP) is 2.68.